The van der Waals surface area contributed by atoms with Crippen molar-refractivity contribution >= 4 is 11.8 Å². The van der Waals surface area contributed by atoms with Crippen molar-refractivity contribution in [1.29, 1.82) is 0 Å². The Labute approximate surface area is 192 Å². The number of anilines is 1. The predicted octanol–water partition coefficient (Wildman–Crippen LogP) is 3.94. The van der Waals surface area contributed by atoms with Crippen LogP contribution in [0.5, 0.6) is 0 Å². The molecule has 0 aromatic heterocycles. The lowest BCUT2D eigenvalue weighted by atomic mass is 9.75. The zero-order valence-electron chi connectivity index (χ0n) is 19.6. The highest BCUT2D eigenvalue weighted by molar-refractivity contribution is 5.67. The molecule has 0 radical (unpaired) electrons. The summed E-state index contributed by atoms with van der Waals surface area (Å²) in [5.41, 5.74) is -3.78. The standard InChI is InChI=1S/C23H35F3N2O5/c1-20(2,3)33-19(30)27-14-18(13-22(15-29)9-11-32-12-10-22)28-17-7-5-16(6-8-17)21(4,31)23(24,25)26/h5-8,18,28-29,31H,9-15H2,1-4H3,(H,27,30)/t18-,21?/m0/s1. The third-order valence-corrected chi connectivity index (χ3v) is 5.83. The summed E-state index contributed by atoms with van der Waals surface area (Å²) in [6.45, 7) is 7.14. The van der Waals surface area contributed by atoms with Gasteiger partial charge in [-0.3, -0.25) is 0 Å². The third kappa shape index (κ3) is 7.75. The van der Waals surface area contributed by atoms with E-state index in [2.05, 4.69) is 10.6 Å². The summed E-state index contributed by atoms with van der Waals surface area (Å²) in [5.74, 6) is 0. The maximum atomic E-state index is 13.1. The number of carbonyl (C=O) groups is 1. The fourth-order valence-corrected chi connectivity index (χ4v) is 3.74. The van der Waals surface area contributed by atoms with Crippen LogP contribution in [0.3, 0.4) is 0 Å². The summed E-state index contributed by atoms with van der Waals surface area (Å²) in [6, 6.07) is 4.99. The molecule has 0 spiro atoms. The Morgan fingerprint density at radius 3 is 2.21 bits per heavy atom. The monoisotopic (exact) mass is 476 g/mol. The lowest BCUT2D eigenvalue weighted by molar-refractivity contribution is -0.258. The summed E-state index contributed by atoms with van der Waals surface area (Å²) in [7, 11) is 0. The second kappa shape index (κ2) is 10.5. The van der Waals surface area contributed by atoms with Crippen LogP contribution in [-0.2, 0) is 15.1 Å². The number of rotatable bonds is 8. The molecule has 1 unspecified atom stereocenters. The van der Waals surface area contributed by atoms with Crippen LogP contribution in [0.15, 0.2) is 24.3 Å². The van der Waals surface area contributed by atoms with Gasteiger partial charge in [0.05, 0.1) is 0 Å². The molecule has 1 aromatic rings. The van der Waals surface area contributed by atoms with E-state index in [1.165, 1.54) is 24.3 Å². The molecule has 7 nitrogen and oxygen atoms in total. The van der Waals surface area contributed by atoms with Crippen molar-refractivity contribution in [2.24, 2.45) is 5.41 Å². The molecule has 2 atom stereocenters. The number of carbonyl (C=O) groups excluding carboxylic acids is 1. The van der Waals surface area contributed by atoms with Crippen molar-refractivity contribution in [3.8, 4) is 0 Å². The molecule has 1 aromatic carbocycles. The number of alkyl halides is 3. The van der Waals surface area contributed by atoms with Gasteiger partial charge in [-0.05, 0) is 70.1 Å². The number of amides is 1. The van der Waals surface area contributed by atoms with Crippen molar-refractivity contribution in [3.05, 3.63) is 29.8 Å². The average Bonchev–Trinajstić information content (AvgIpc) is 2.71. The summed E-state index contributed by atoms with van der Waals surface area (Å²) >= 11 is 0. The number of nitrogens with one attached hydrogen (secondary N) is 2. The zero-order chi connectivity index (χ0) is 24.9. The van der Waals surface area contributed by atoms with Crippen LogP contribution in [-0.4, -0.2) is 60.5 Å². The summed E-state index contributed by atoms with van der Waals surface area (Å²) in [6.07, 6.45) is -3.58. The lowest BCUT2D eigenvalue weighted by Crippen LogP contribution is -2.44. The minimum Gasteiger partial charge on any atom is -0.444 e. The predicted molar refractivity (Wildman–Crippen MR) is 118 cm³/mol. The first-order chi connectivity index (χ1) is 15.2. The Bertz CT molecular complexity index is 770. The largest absolute Gasteiger partial charge is 0.444 e. The first-order valence-electron chi connectivity index (χ1n) is 11.0. The number of ether oxygens (including phenoxy) is 2. The molecule has 0 saturated carbocycles. The average molecular weight is 477 g/mol. The van der Waals surface area contributed by atoms with E-state index in [4.69, 9.17) is 9.47 Å². The quantitative estimate of drug-likeness (QED) is 0.454. The van der Waals surface area contributed by atoms with Crippen molar-refractivity contribution in [2.75, 3.05) is 31.7 Å². The van der Waals surface area contributed by atoms with E-state index >= 15 is 0 Å². The number of benzene rings is 1. The third-order valence-electron chi connectivity index (χ3n) is 5.83. The lowest BCUT2D eigenvalue weighted by Gasteiger charge is -2.38. The van der Waals surface area contributed by atoms with E-state index in [1.54, 1.807) is 20.8 Å². The Morgan fingerprint density at radius 2 is 1.73 bits per heavy atom. The SMILES string of the molecule is CC(C)(C)OC(=O)NC[C@H](CC1(CO)CCOCC1)Nc1ccc(C(C)(O)C(F)(F)F)cc1. The topological polar surface area (TPSA) is 100 Å². The van der Waals surface area contributed by atoms with Gasteiger partial charge < -0.3 is 30.3 Å². The first kappa shape index (κ1) is 27.2. The van der Waals surface area contributed by atoms with E-state index in [1.807, 2.05) is 0 Å². The molecule has 2 rings (SSSR count). The zero-order valence-corrected chi connectivity index (χ0v) is 19.6. The molecular formula is C23H35F3N2O5. The first-order valence-corrected chi connectivity index (χ1v) is 11.0. The molecule has 1 amide bonds. The molecule has 1 heterocycles. The number of hydrogen-bond acceptors (Lipinski definition) is 6. The number of hydrogen-bond donors (Lipinski definition) is 4. The fourth-order valence-electron chi connectivity index (χ4n) is 3.74. The smallest absolute Gasteiger partial charge is 0.421 e. The second-order valence-electron chi connectivity index (χ2n) is 9.85. The van der Waals surface area contributed by atoms with Gasteiger partial charge in [0.2, 0.25) is 0 Å². The fraction of sp³-hybridized carbons (Fsp3) is 0.696. The Hall–Kier alpha value is -2.04. The van der Waals surface area contributed by atoms with Gasteiger partial charge in [0.25, 0.3) is 0 Å². The van der Waals surface area contributed by atoms with Crippen LogP contribution < -0.4 is 10.6 Å². The van der Waals surface area contributed by atoms with Gasteiger partial charge in [-0.15, -0.1) is 0 Å². The Balaban J connectivity index is 2.16. The van der Waals surface area contributed by atoms with Crippen LogP contribution in [0.4, 0.5) is 23.7 Å². The van der Waals surface area contributed by atoms with Crippen LogP contribution in [0.25, 0.3) is 0 Å². The minimum absolute atomic E-state index is 0.0473. The van der Waals surface area contributed by atoms with Gasteiger partial charge in [-0.2, -0.15) is 13.2 Å². The van der Waals surface area contributed by atoms with Crippen molar-refractivity contribution in [2.45, 2.75) is 70.4 Å². The maximum Gasteiger partial charge on any atom is 0.421 e. The summed E-state index contributed by atoms with van der Waals surface area (Å²) < 4.78 is 50.0. The van der Waals surface area contributed by atoms with E-state index in [0.717, 1.165) is 0 Å². The molecule has 1 aliphatic heterocycles. The number of aliphatic hydroxyl groups excluding tert-OH is 1. The molecule has 0 aliphatic carbocycles. The van der Waals surface area contributed by atoms with E-state index in [-0.39, 0.29) is 24.8 Å². The van der Waals surface area contributed by atoms with Gasteiger partial charge in [-0.1, -0.05) is 12.1 Å². The number of aliphatic hydroxyl groups is 2. The highest BCUT2D eigenvalue weighted by Crippen LogP contribution is 2.39. The summed E-state index contributed by atoms with van der Waals surface area (Å²) in [4.78, 5) is 12.1. The Kier molecular flexibility index (Phi) is 8.64. The highest BCUT2D eigenvalue weighted by Gasteiger charge is 2.51. The second-order valence-corrected chi connectivity index (χ2v) is 9.85. The molecule has 33 heavy (non-hydrogen) atoms. The summed E-state index contributed by atoms with van der Waals surface area (Å²) in [5, 5.41) is 25.9. The molecule has 188 valence electrons. The van der Waals surface area contributed by atoms with Gasteiger partial charge in [0, 0.05) is 38.1 Å². The highest BCUT2D eigenvalue weighted by atomic mass is 19.4. The number of halogens is 3. The van der Waals surface area contributed by atoms with E-state index in [0.29, 0.717) is 45.1 Å². The molecular weight excluding hydrogens is 441 g/mol. The van der Waals surface area contributed by atoms with E-state index < -0.39 is 28.9 Å². The molecule has 4 N–H and O–H groups in total. The molecule has 10 heteroatoms. The molecule has 1 saturated heterocycles. The van der Waals surface area contributed by atoms with Crippen molar-refractivity contribution in [1.82, 2.24) is 5.32 Å². The van der Waals surface area contributed by atoms with Crippen LogP contribution in [0.2, 0.25) is 0 Å². The van der Waals surface area contributed by atoms with Gasteiger partial charge in [0.1, 0.15) is 5.60 Å². The van der Waals surface area contributed by atoms with Gasteiger partial charge in [0.15, 0.2) is 5.60 Å². The van der Waals surface area contributed by atoms with Crippen molar-refractivity contribution in [3.63, 3.8) is 0 Å². The van der Waals surface area contributed by atoms with Crippen LogP contribution >= 0.6 is 0 Å². The van der Waals surface area contributed by atoms with Gasteiger partial charge in [-0.25, -0.2) is 4.79 Å². The van der Waals surface area contributed by atoms with Crippen LogP contribution in [0, 0.1) is 5.41 Å². The van der Waals surface area contributed by atoms with Crippen LogP contribution in [0.1, 0.15) is 52.5 Å². The minimum atomic E-state index is -4.81. The van der Waals surface area contributed by atoms with Gasteiger partial charge >= 0.3 is 12.3 Å². The Morgan fingerprint density at radius 1 is 1.15 bits per heavy atom. The normalized spacial score (nSPS) is 19.3. The molecule has 0 bridgehead atoms. The maximum absolute atomic E-state index is 13.1. The van der Waals surface area contributed by atoms with Crippen molar-refractivity contribution < 1.29 is 37.7 Å². The number of alkyl carbamates (subject to hydrolysis) is 1. The molecule has 1 fully saturated rings. The van der Waals surface area contributed by atoms with E-state index in [9.17, 15) is 28.2 Å². The molecule has 1 aliphatic rings.